The van der Waals surface area contributed by atoms with Crippen LogP contribution < -0.4 is 0 Å². The van der Waals surface area contributed by atoms with E-state index in [0.29, 0.717) is 17.1 Å². The number of aromatic nitrogens is 13. The van der Waals surface area contributed by atoms with Crippen LogP contribution in [0.15, 0.2) is 371 Å². The number of carboxylic acid groups (broad SMARTS) is 1. The van der Waals surface area contributed by atoms with E-state index < -0.39 is 46.6 Å². The van der Waals surface area contributed by atoms with Gasteiger partial charge in [0.25, 0.3) is 0 Å². The zero-order valence-electron chi connectivity index (χ0n) is 76.7. The van der Waals surface area contributed by atoms with Gasteiger partial charge in [-0.15, -0.1) is 148 Å². The van der Waals surface area contributed by atoms with Gasteiger partial charge in [0, 0.05) is 265 Å². The zero-order valence-corrected chi connectivity index (χ0v) is 90.5. The molecule has 0 aliphatic rings. The van der Waals surface area contributed by atoms with E-state index in [1.807, 2.05) is 134 Å². The van der Waals surface area contributed by atoms with Crippen LogP contribution in [0.4, 0.5) is 32.0 Å². The SMILES string of the molecule is CC(=O)C=C(C)O.CC(=O)C=C(C)O.CC(=O)C=C(C)O.CC(=O)C=C(C)O.Cc1c[c-]c(-c2ccccn2)cc1.Fc1c[c-]c(-c2ccccn2)c(F)c1.Fc1c[c-]c(-c2ccccn2)c(F)c1.O=C(O)c1ccccn1.[C-]#[N+]c1c(F)c[c-]c(-c2ccccn2)c1F.[Ir].[Pt].[Pt].[Pt].[Pt].[Pt].[c-]1cccc2ccc3cccnc3c12.[c-]1ccccc1-c1ccccn1.c1cnn(B(n2cccn2)n2cccn2)c1. The molecular weight excluding hydrogens is 2910 g/mol. The fraction of sp³-hybridized carbons (Fsp3) is 0.0857. The minimum Gasteiger partial charge on any atom is -0.512 e. The molecule has 0 atom stereocenters. The third-order valence-corrected chi connectivity index (χ3v) is 16.4. The number of carbonyl (C=O) groups excluding carboxylic acids is 4. The van der Waals surface area contributed by atoms with Crippen molar-refractivity contribution in [2.75, 3.05) is 0 Å². The van der Waals surface area contributed by atoms with Crippen molar-refractivity contribution in [2.24, 2.45) is 0 Å². The summed E-state index contributed by atoms with van der Waals surface area (Å²) in [6, 6.07) is 87.2. The van der Waals surface area contributed by atoms with Crippen LogP contribution in [0.25, 0.3) is 82.8 Å². The van der Waals surface area contributed by atoms with Crippen LogP contribution in [-0.4, -0.2) is 126 Å². The number of pyridine rings is 7. The third kappa shape index (κ3) is 48.9. The Morgan fingerprint density at radius 1 is 0.359 bits per heavy atom. The summed E-state index contributed by atoms with van der Waals surface area (Å²) in [7, 11) is -0.194. The molecule has 10 aromatic heterocycles. The molecule has 0 saturated carbocycles. The molecule has 17 rings (SSSR count). The Labute approximate surface area is 903 Å². The van der Waals surface area contributed by atoms with E-state index in [1.54, 1.807) is 124 Å². The Hall–Kier alpha value is -13.7. The van der Waals surface area contributed by atoms with Gasteiger partial charge in [-0.3, -0.25) is 64.1 Å². The number of aromatic carboxylic acids is 1. The summed E-state index contributed by atoms with van der Waals surface area (Å²) >= 11 is 0. The number of hydrogen-bond donors (Lipinski definition) is 5. The maximum atomic E-state index is 13.7. The number of fused-ring (bicyclic) bond motifs is 3. The van der Waals surface area contributed by atoms with Crippen LogP contribution in [0.1, 0.15) is 71.4 Å². The van der Waals surface area contributed by atoms with Crippen molar-refractivity contribution < 1.29 is 201 Å². The van der Waals surface area contributed by atoms with E-state index in [4.69, 9.17) is 32.1 Å². The Morgan fingerprint density at radius 3 is 1.05 bits per heavy atom. The monoisotopic (exact) mass is 3000 g/mol. The van der Waals surface area contributed by atoms with Crippen molar-refractivity contribution in [2.45, 2.75) is 62.3 Å². The van der Waals surface area contributed by atoms with Gasteiger partial charge < -0.3 is 55.4 Å². The molecule has 0 unspecified atom stereocenters. The third-order valence-electron chi connectivity index (χ3n) is 16.4. The number of aliphatic hydroxyl groups is 4. The van der Waals surface area contributed by atoms with E-state index in [9.17, 15) is 50.3 Å². The molecule has 17 aromatic rings. The van der Waals surface area contributed by atoms with Crippen molar-refractivity contribution in [3.8, 4) is 56.3 Å². The van der Waals surface area contributed by atoms with Crippen molar-refractivity contribution in [3.63, 3.8) is 0 Å². The molecule has 24 nitrogen and oxygen atoms in total. The summed E-state index contributed by atoms with van der Waals surface area (Å²) in [4.78, 5) is 81.2. The molecule has 37 heteroatoms. The number of hydrogen-bond acceptors (Lipinski definition) is 19. The van der Waals surface area contributed by atoms with Gasteiger partial charge in [-0.25, -0.2) is 9.78 Å². The average Bonchev–Trinajstić information content (AvgIpc) is 0.887. The number of ketones is 4. The first-order valence-electron chi connectivity index (χ1n) is 40.6. The predicted octanol–water partition coefficient (Wildman–Crippen LogP) is 22.7. The molecule has 10 heterocycles. The van der Waals surface area contributed by atoms with Crippen molar-refractivity contribution >= 4 is 63.6 Å². The molecule has 7 aromatic carbocycles. The second-order valence-electron chi connectivity index (χ2n) is 27.7. The molecule has 0 fully saturated rings. The van der Waals surface area contributed by atoms with Gasteiger partial charge in [-0.05, 0) is 161 Å². The Balaban J connectivity index is 0.00000154. The smallest absolute Gasteiger partial charge is 0.512 e. The minimum absolute atomic E-state index is 0. The maximum absolute atomic E-state index is 13.7. The van der Waals surface area contributed by atoms with E-state index in [1.165, 1.54) is 114 Å². The maximum Gasteiger partial charge on any atom is 0.568 e. The zero-order chi connectivity index (χ0) is 99.1. The van der Waals surface area contributed by atoms with Crippen LogP contribution in [0.5, 0.6) is 0 Å². The summed E-state index contributed by atoms with van der Waals surface area (Å²) in [6.07, 6.45) is 27.0. The molecule has 0 aliphatic heterocycles. The first-order valence-corrected chi connectivity index (χ1v) is 40.6. The first-order chi connectivity index (χ1) is 65.3. The van der Waals surface area contributed by atoms with Crippen molar-refractivity contribution in [1.82, 2.24) is 64.0 Å². The van der Waals surface area contributed by atoms with Gasteiger partial charge in [-0.2, -0.15) is 15.3 Å². The molecular formula is C105H89BF6IrN14O10Pt5-6. The Kier molecular flexibility index (Phi) is 64.7. The topological polar surface area (TPSA) is 335 Å². The van der Waals surface area contributed by atoms with Crippen LogP contribution in [0.2, 0.25) is 0 Å². The van der Waals surface area contributed by atoms with Crippen LogP contribution >= 0.6 is 0 Å². The number of carbonyl (C=O) groups is 5. The molecule has 0 aliphatic carbocycles. The first kappa shape index (κ1) is 128. The molecule has 0 saturated heterocycles. The van der Waals surface area contributed by atoms with Crippen LogP contribution in [0, 0.1) is 84.8 Å². The molecule has 0 amide bonds. The summed E-state index contributed by atoms with van der Waals surface area (Å²) in [5.74, 6) is -5.65. The summed E-state index contributed by atoms with van der Waals surface area (Å²) < 4.78 is 83.7. The largest absolute Gasteiger partial charge is 0.568 e. The molecule has 5 N–H and O–H groups in total. The second kappa shape index (κ2) is 71.7. The number of rotatable bonds is 13. The normalized spacial score (nSPS) is 9.90. The molecule has 1 radical (unpaired) electrons. The van der Waals surface area contributed by atoms with Crippen molar-refractivity contribution in [1.29, 1.82) is 0 Å². The molecule has 749 valence electrons. The fourth-order valence-electron chi connectivity index (χ4n) is 10.9. The van der Waals surface area contributed by atoms with E-state index in [0.717, 1.165) is 63.7 Å². The minimum atomic E-state index is -0.990. The molecule has 0 bridgehead atoms. The quantitative estimate of drug-likeness (QED) is 0.0179. The predicted molar refractivity (Wildman–Crippen MR) is 509 cm³/mol. The number of benzene rings is 7. The van der Waals surface area contributed by atoms with Gasteiger partial charge in [0.1, 0.15) is 5.69 Å². The van der Waals surface area contributed by atoms with Gasteiger partial charge in [0.2, 0.25) is 0 Å². The van der Waals surface area contributed by atoms with Crippen molar-refractivity contribution in [3.05, 3.63) is 465 Å². The molecule has 142 heavy (non-hydrogen) atoms. The van der Waals surface area contributed by atoms with E-state index >= 15 is 0 Å². The number of nitrogens with zero attached hydrogens (tertiary/aromatic N) is 14. The Bertz CT molecular complexity index is 6360. The number of aliphatic hydroxyl groups excluding tert-OH is 4. The van der Waals surface area contributed by atoms with E-state index in [2.05, 4.69) is 129 Å². The van der Waals surface area contributed by atoms with Gasteiger partial charge in [0.05, 0.1) is 29.6 Å². The van der Waals surface area contributed by atoms with Gasteiger partial charge >= 0.3 is 13.1 Å². The summed E-state index contributed by atoms with van der Waals surface area (Å²) in [6.45, 7) is 20.1. The summed E-state index contributed by atoms with van der Waals surface area (Å²) in [5.41, 5.74) is 7.35. The standard InChI is InChI=1S/C13H8N.C12H5F2N2.C12H10N.2C11H6F2N.C11H8N.C9H9BN6.C6H5NO2.4C5H8O2.Ir.5Pt/c1-2-6-12-10(4-1)7-8-11-5-3-9-14-13(11)12;1-15-12-9(13)6-5-8(11(12)14)10-4-2-3-7-16-10;1-10-5-7-11(8-6-10)12-4-2-3-9-13-12;2*12-8-4-5-9(10(13)7-8)11-3-1-2-6-14-11;1-2-6-10(7-3-1)11-8-4-5-9-12-11;1-4-11-14(7-1)10(15-8-2-5-12-15)16-9-3-6-13-16;8-6(9)5-3-1-2-4-7-5;4*1-4(6)3-5(2)7;;;;;;/h1-5,7-9H;2-4,6-7H;2-7,9H,1H3;2*1-4,6-7H;1-6,8-9H;1-9H;1-4H,(H,8,9);4*3,6H,1-2H3;;;;;;/q6*-1;;;;;;;;;;;;. The second-order valence-corrected chi connectivity index (χ2v) is 27.7. The van der Waals surface area contributed by atoms with E-state index in [-0.39, 0.29) is 201 Å². The van der Waals surface area contributed by atoms with Crippen LogP contribution in [-0.2, 0) is 145 Å². The number of carboxylic acids is 1. The summed E-state index contributed by atoms with van der Waals surface area (Å²) in [5, 5.41) is 57.9. The van der Waals surface area contributed by atoms with Crippen LogP contribution in [0.3, 0.4) is 0 Å². The number of allylic oxidation sites excluding steroid dienone is 8. The Morgan fingerprint density at radius 2 is 0.725 bits per heavy atom. The molecule has 0 spiro atoms. The average molecular weight is 3000 g/mol. The fourth-order valence-corrected chi connectivity index (χ4v) is 10.9. The number of aryl methyl sites for hydroxylation is 1. The van der Waals surface area contributed by atoms with Gasteiger partial charge in [-0.1, -0.05) is 115 Å². The van der Waals surface area contributed by atoms with Gasteiger partial charge in [0.15, 0.2) is 28.8 Å². The number of halogens is 6.